The van der Waals surface area contributed by atoms with Gasteiger partial charge in [0.25, 0.3) is 0 Å². The van der Waals surface area contributed by atoms with Crippen molar-refractivity contribution in [2.24, 2.45) is 0 Å². The number of carbonyl (C=O) groups is 1. The van der Waals surface area contributed by atoms with Crippen molar-refractivity contribution >= 4 is 45.0 Å². The lowest BCUT2D eigenvalue weighted by Crippen LogP contribution is -2.14. The van der Waals surface area contributed by atoms with E-state index in [0.717, 1.165) is 32.7 Å². The van der Waals surface area contributed by atoms with Gasteiger partial charge < -0.3 is 5.32 Å². The van der Waals surface area contributed by atoms with E-state index in [2.05, 4.69) is 42.3 Å². The molecule has 0 atom stereocenters. The summed E-state index contributed by atoms with van der Waals surface area (Å²) in [7, 11) is 0. The average Bonchev–Trinajstić information content (AvgIpc) is 2.90. The van der Waals surface area contributed by atoms with Crippen molar-refractivity contribution in [2.75, 3.05) is 11.1 Å². The largest absolute Gasteiger partial charge is 0.301 e. The quantitative estimate of drug-likeness (QED) is 0.690. The number of thiazole rings is 1. The lowest BCUT2D eigenvalue weighted by Gasteiger charge is -2.09. The summed E-state index contributed by atoms with van der Waals surface area (Å²) < 4.78 is 0. The van der Waals surface area contributed by atoms with Gasteiger partial charge >= 0.3 is 0 Å². The summed E-state index contributed by atoms with van der Waals surface area (Å²) in [4.78, 5) is 21.1. The Labute approximate surface area is 149 Å². The van der Waals surface area contributed by atoms with Crippen LogP contribution in [-0.2, 0) is 4.79 Å². The van der Waals surface area contributed by atoms with Gasteiger partial charge in [-0.15, -0.1) is 11.3 Å². The van der Waals surface area contributed by atoms with E-state index in [1.807, 2.05) is 19.2 Å². The molecule has 1 aromatic carbocycles. The number of amides is 1. The van der Waals surface area contributed by atoms with Gasteiger partial charge in [-0.2, -0.15) is 0 Å². The molecule has 0 radical (unpaired) electrons. The number of benzene rings is 1. The first-order chi connectivity index (χ1) is 11.4. The van der Waals surface area contributed by atoms with Crippen LogP contribution >= 0.6 is 23.1 Å². The van der Waals surface area contributed by atoms with E-state index in [1.165, 1.54) is 28.7 Å². The molecule has 124 valence electrons. The molecular weight excluding hydrogens is 338 g/mol. The Bertz CT molecular complexity index is 918. The Morgan fingerprint density at radius 1 is 1.12 bits per heavy atom. The molecule has 0 fully saturated rings. The first kappa shape index (κ1) is 16.9. The van der Waals surface area contributed by atoms with Crippen LogP contribution in [0.4, 0.5) is 5.13 Å². The Balaban J connectivity index is 1.75. The maximum Gasteiger partial charge on any atom is 0.236 e. The van der Waals surface area contributed by atoms with Crippen LogP contribution in [0.1, 0.15) is 22.4 Å². The summed E-state index contributed by atoms with van der Waals surface area (Å²) in [6, 6.07) is 6.43. The first-order valence-electron chi connectivity index (χ1n) is 7.66. The predicted molar refractivity (Wildman–Crippen MR) is 102 cm³/mol. The Morgan fingerprint density at radius 2 is 1.92 bits per heavy atom. The SMILES string of the molecule is Cc1cc(C)c2nc(SCC(=O)Nc3nc(C)cs3)c(C)cc2c1. The van der Waals surface area contributed by atoms with Crippen LogP contribution < -0.4 is 5.32 Å². The van der Waals surface area contributed by atoms with Gasteiger partial charge in [-0.3, -0.25) is 4.79 Å². The highest BCUT2D eigenvalue weighted by Gasteiger charge is 2.11. The van der Waals surface area contributed by atoms with Crippen molar-refractivity contribution in [1.82, 2.24) is 9.97 Å². The van der Waals surface area contributed by atoms with Gasteiger partial charge in [-0.05, 0) is 51.0 Å². The average molecular weight is 358 g/mol. The number of carbonyl (C=O) groups excluding carboxylic acids is 1. The molecule has 3 aromatic rings. The zero-order chi connectivity index (χ0) is 17.3. The molecule has 1 amide bonds. The molecule has 0 aliphatic carbocycles. The Kier molecular flexibility index (Phi) is 4.87. The number of nitrogens with zero attached hydrogens (tertiary/aromatic N) is 2. The maximum atomic E-state index is 12.1. The monoisotopic (exact) mass is 357 g/mol. The Morgan fingerprint density at radius 3 is 2.62 bits per heavy atom. The van der Waals surface area contributed by atoms with Gasteiger partial charge in [0.15, 0.2) is 5.13 Å². The molecule has 6 heteroatoms. The highest BCUT2D eigenvalue weighted by molar-refractivity contribution is 8.00. The molecule has 24 heavy (non-hydrogen) atoms. The summed E-state index contributed by atoms with van der Waals surface area (Å²) in [5.41, 5.74) is 5.41. The number of pyridine rings is 1. The molecule has 4 nitrogen and oxygen atoms in total. The normalized spacial score (nSPS) is 11.0. The minimum absolute atomic E-state index is 0.0590. The van der Waals surface area contributed by atoms with Crippen molar-refractivity contribution in [3.8, 4) is 0 Å². The molecule has 0 aliphatic rings. The van der Waals surface area contributed by atoms with Gasteiger partial charge in [0.2, 0.25) is 5.91 Å². The predicted octanol–water partition coefficient (Wildman–Crippen LogP) is 4.66. The standard InChI is InChI=1S/C18H19N3OS2/c1-10-5-11(2)16-14(6-10)7-12(3)17(21-16)23-9-15(22)20-18-19-13(4)8-24-18/h5-8H,9H2,1-4H3,(H,19,20,22). The van der Waals surface area contributed by atoms with E-state index >= 15 is 0 Å². The summed E-state index contributed by atoms with van der Waals surface area (Å²) in [6.07, 6.45) is 0. The van der Waals surface area contributed by atoms with E-state index in [-0.39, 0.29) is 5.91 Å². The van der Waals surface area contributed by atoms with Crippen LogP contribution in [-0.4, -0.2) is 21.6 Å². The van der Waals surface area contributed by atoms with Gasteiger partial charge in [0, 0.05) is 10.8 Å². The van der Waals surface area contributed by atoms with E-state index in [4.69, 9.17) is 4.98 Å². The van der Waals surface area contributed by atoms with E-state index in [9.17, 15) is 4.79 Å². The van der Waals surface area contributed by atoms with E-state index < -0.39 is 0 Å². The number of anilines is 1. The smallest absolute Gasteiger partial charge is 0.236 e. The molecular formula is C18H19N3OS2. The molecule has 2 aromatic heterocycles. The van der Waals surface area contributed by atoms with Gasteiger partial charge in [-0.1, -0.05) is 23.4 Å². The third-order valence-electron chi connectivity index (χ3n) is 3.60. The molecule has 1 N–H and O–H groups in total. The van der Waals surface area contributed by atoms with E-state index in [1.54, 1.807) is 0 Å². The number of aryl methyl sites for hydroxylation is 4. The molecule has 0 saturated carbocycles. The summed E-state index contributed by atoms with van der Waals surface area (Å²) in [5.74, 6) is 0.263. The van der Waals surface area contributed by atoms with Gasteiger partial charge in [0.05, 0.1) is 17.0 Å². The molecule has 0 spiro atoms. The van der Waals surface area contributed by atoms with Crippen molar-refractivity contribution < 1.29 is 4.79 Å². The first-order valence-corrected chi connectivity index (χ1v) is 9.52. The second kappa shape index (κ2) is 6.91. The minimum atomic E-state index is -0.0590. The number of thioether (sulfide) groups is 1. The van der Waals surface area contributed by atoms with Crippen molar-refractivity contribution in [2.45, 2.75) is 32.7 Å². The number of hydrogen-bond acceptors (Lipinski definition) is 5. The zero-order valence-corrected chi connectivity index (χ0v) is 15.8. The van der Waals surface area contributed by atoms with Crippen LogP contribution in [0.15, 0.2) is 28.6 Å². The fourth-order valence-electron chi connectivity index (χ4n) is 2.59. The number of fused-ring (bicyclic) bond motifs is 1. The molecule has 0 aliphatic heterocycles. The minimum Gasteiger partial charge on any atom is -0.301 e. The van der Waals surface area contributed by atoms with Crippen LogP contribution in [0.5, 0.6) is 0 Å². The van der Waals surface area contributed by atoms with Crippen molar-refractivity contribution in [1.29, 1.82) is 0 Å². The highest BCUT2D eigenvalue weighted by atomic mass is 32.2. The third-order valence-corrected chi connectivity index (χ3v) is 5.57. The topological polar surface area (TPSA) is 54.9 Å². The second-order valence-electron chi connectivity index (χ2n) is 5.89. The van der Waals surface area contributed by atoms with Crippen molar-refractivity contribution in [3.63, 3.8) is 0 Å². The highest BCUT2D eigenvalue weighted by Crippen LogP contribution is 2.27. The molecule has 3 rings (SSSR count). The molecule has 2 heterocycles. The zero-order valence-electron chi connectivity index (χ0n) is 14.1. The summed E-state index contributed by atoms with van der Waals surface area (Å²) in [6.45, 7) is 8.11. The van der Waals surface area contributed by atoms with Gasteiger partial charge in [0.1, 0.15) is 5.03 Å². The van der Waals surface area contributed by atoms with Gasteiger partial charge in [-0.25, -0.2) is 9.97 Å². The maximum absolute atomic E-state index is 12.1. The summed E-state index contributed by atoms with van der Waals surface area (Å²) >= 11 is 2.90. The van der Waals surface area contributed by atoms with Crippen LogP contribution in [0.3, 0.4) is 0 Å². The molecule has 0 unspecified atom stereocenters. The summed E-state index contributed by atoms with van der Waals surface area (Å²) in [5, 5.41) is 7.45. The number of rotatable bonds is 4. The number of nitrogens with one attached hydrogen (secondary N) is 1. The Hall–Kier alpha value is -1.92. The lowest BCUT2D eigenvalue weighted by atomic mass is 10.1. The molecule has 0 saturated heterocycles. The van der Waals surface area contributed by atoms with E-state index in [0.29, 0.717) is 10.9 Å². The molecule has 0 bridgehead atoms. The number of aromatic nitrogens is 2. The fraction of sp³-hybridized carbons (Fsp3) is 0.278. The lowest BCUT2D eigenvalue weighted by molar-refractivity contribution is -0.113. The second-order valence-corrected chi connectivity index (χ2v) is 7.72. The van der Waals surface area contributed by atoms with Crippen LogP contribution in [0.2, 0.25) is 0 Å². The number of hydrogen-bond donors (Lipinski definition) is 1. The van der Waals surface area contributed by atoms with Crippen LogP contribution in [0.25, 0.3) is 10.9 Å². The van der Waals surface area contributed by atoms with Crippen molar-refractivity contribution in [3.05, 3.63) is 46.0 Å². The third kappa shape index (κ3) is 3.76. The van der Waals surface area contributed by atoms with Crippen LogP contribution in [0, 0.1) is 27.7 Å². The fourth-order valence-corrected chi connectivity index (χ4v) is 4.07.